The van der Waals surface area contributed by atoms with Crippen LogP contribution in [0.15, 0.2) is 24.4 Å². The standard InChI is InChI=1S/C16H21N3O/c1-11-6-7-12(2)15(9-11)16(20)17-8-4-5-14-10-18-19-13(14)3/h6-7,9-10H,4-5,8H2,1-3H3,(H,17,20)(H,18,19). The third-order valence-electron chi connectivity index (χ3n) is 3.48. The van der Waals surface area contributed by atoms with Crippen LogP contribution >= 0.6 is 0 Å². The minimum Gasteiger partial charge on any atom is -0.352 e. The van der Waals surface area contributed by atoms with Gasteiger partial charge in [-0.05, 0) is 50.8 Å². The number of benzene rings is 1. The van der Waals surface area contributed by atoms with Gasteiger partial charge in [0, 0.05) is 17.8 Å². The Kier molecular flexibility index (Phi) is 4.56. The topological polar surface area (TPSA) is 57.8 Å². The lowest BCUT2D eigenvalue weighted by Crippen LogP contribution is -2.25. The van der Waals surface area contributed by atoms with E-state index in [1.54, 1.807) is 0 Å². The van der Waals surface area contributed by atoms with Crippen LogP contribution in [0, 0.1) is 20.8 Å². The lowest BCUT2D eigenvalue weighted by atomic mass is 10.0. The average molecular weight is 271 g/mol. The molecule has 4 nitrogen and oxygen atoms in total. The molecule has 1 amide bonds. The molecule has 1 aromatic heterocycles. The second-order valence-electron chi connectivity index (χ2n) is 5.20. The van der Waals surface area contributed by atoms with Crippen molar-refractivity contribution in [1.82, 2.24) is 15.5 Å². The van der Waals surface area contributed by atoms with Crippen molar-refractivity contribution < 1.29 is 4.79 Å². The highest BCUT2D eigenvalue weighted by Crippen LogP contribution is 2.10. The number of rotatable bonds is 5. The first-order valence-electron chi connectivity index (χ1n) is 6.92. The molecule has 0 aliphatic heterocycles. The molecule has 0 saturated carbocycles. The van der Waals surface area contributed by atoms with E-state index in [9.17, 15) is 4.79 Å². The molecule has 20 heavy (non-hydrogen) atoms. The number of carbonyl (C=O) groups excluding carboxylic acids is 1. The third-order valence-corrected chi connectivity index (χ3v) is 3.48. The van der Waals surface area contributed by atoms with Crippen LogP contribution in [0.3, 0.4) is 0 Å². The van der Waals surface area contributed by atoms with Gasteiger partial charge in [0.15, 0.2) is 0 Å². The number of nitrogens with one attached hydrogen (secondary N) is 2. The summed E-state index contributed by atoms with van der Waals surface area (Å²) < 4.78 is 0. The summed E-state index contributed by atoms with van der Waals surface area (Å²) in [5.41, 5.74) is 5.20. The van der Waals surface area contributed by atoms with Gasteiger partial charge in [-0.15, -0.1) is 0 Å². The van der Waals surface area contributed by atoms with E-state index >= 15 is 0 Å². The maximum absolute atomic E-state index is 12.1. The van der Waals surface area contributed by atoms with Crippen LogP contribution in [0.5, 0.6) is 0 Å². The minimum atomic E-state index is 0.00937. The Morgan fingerprint density at radius 2 is 2.10 bits per heavy atom. The molecule has 0 saturated heterocycles. The third kappa shape index (κ3) is 3.47. The van der Waals surface area contributed by atoms with Crippen molar-refractivity contribution in [3.63, 3.8) is 0 Å². The van der Waals surface area contributed by atoms with Gasteiger partial charge in [0.1, 0.15) is 0 Å². The largest absolute Gasteiger partial charge is 0.352 e. The van der Waals surface area contributed by atoms with Gasteiger partial charge in [0.05, 0.1) is 6.20 Å². The minimum absolute atomic E-state index is 0.00937. The quantitative estimate of drug-likeness (QED) is 0.821. The first kappa shape index (κ1) is 14.3. The van der Waals surface area contributed by atoms with Gasteiger partial charge in [-0.2, -0.15) is 5.10 Å². The molecule has 4 heteroatoms. The second kappa shape index (κ2) is 6.37. The van der Waals surface area contributed by atoms with Crippen molar-refractivity contribution in [2.24, 2.45) is 0 Å². The summed E-state index contributed by atoms with van der Waals surface area (Å²) in [6.07, 6.45) is 3.69. The van der Waals surface area contributed by atoms with E-state index in [-0.39, 0.29) is 5.91 Å². The number of hydrogen-bond acceptors (Lipinski definition) is 2. The van der Waals surface area contributed by atoms with Crippen molar-refractivity contribution in [2.75, 3.05) is 6.54 Å². The summed E-state index contributed by atoms with van der Waals surface area (Å²) in [6, 6.07) is 5.94. The molecule has 2 rings (SSSR count). The fourth-order valence-electron chi connectivity index (χ4n) is 2.18. The van der Waals surface area contributed by atoms with Crippen molar-refractivity contribution in [3.05, 3.63) is 52.3 Å². The first-order valence-corrected chi connectivity index (χ1v) is 6.92. The van der Waals surface area contributed by atoms with Crippen LogP contribution in [-0.2, 0) is 6.42 Å². The maximum Gasteiger partial charge on any atom is 0.251 e. The van der Waals surface area contributed by atoms with Crippen LogP contribution in [0.25, 0.3) is 0 Å². The SMILES string of the molecule is Cc1ccc(C)c(C(=O)NCCCc2cn[nH]c2C)c1. The van der Waals surface area contributed by atoms with Crippen LogP contribution in [0.1, 0.15) is 39.2 Å². The molecule has 1 heterocycles. The Morgan fingerprint density at radius 3 is 2.80 bits per heavy atom. The number of hydrogen-bond donors (Lipinski definition) is 2. The first-order chi connectivity index (χ1) is 9.58. The Bertz CT molecular complexity index is 602. The van der Waals surface area contributed by atoms with Gasteiger partial charge in [0.2, 0.25) is 0 Å². The number of carbonyl (C=O) groups is 1. The highest BCUT2D eigenvalue weighted by molar-refractivity contribution is 5.95. The molecule has 0 spiro atoms. The smallest absolute Gasteiger partial charge is 0.251 e. The lowest BCUT2D eigenvalue weighted by molar-refractivity contribution is 0.0952. The molecule has 0 atom stereocenters. The summed E-state index contributed by atoms with van der Waals surface area (Å²) >= 11 is 0. The number of aryl methyl sites for hydroxylation is 4. The van der Waals surface area contributed by atoms with E-state index in [2.05, 4.69) is 15.5 Å². The van der Waals surface area contributed by atoms with Gasteiger partial charge in [0.25, 0.3) is 5.91 Å². The predicted molar refractivity (Wildman–Crippen MR) is 79.9 cm³/mol. The summed E-state index contributed by atoms with van der Waals surface area (Å²) in [7, 11) is 0. The maximum atomic E-state index is 12.1. The normalized spacial score (nSPS) is 10.6. The molecule has 2 aromatic rings. The molecule has 0 bridgehead atoms. The second-order valence-corrected chi connectivity index (χ2v) is 5.20. The predicted octanol–water partition coefficient (Wildman–Crippen LogP) is 2.70. The van der Waals surface area contributed by atoms with E-state index in [1.165, 1.54) is 5.56 Å². The van der Waals surface area contributed by atoms with E-state index in [0.717, 1.165) is 35.2 Å². The fourth-order valence-corrected chi connectivity index (χ4v) is 2.18. The monoisotopic (exact) mass is 271 g/mol. The van der Waals surface area contributed by atoms with Crippen LogP contribution in [0.4, 0.5) is 0 Å². The summed E-state index contributed by atoms with van der Waals surface area (Å²) in [5.74, 6) is 0.00937. The Hall–Kier alpha value is -2.10. The summed E-state index contributed by atoms with van der Waals surface area (Å²) in [4.78, 5) is 12.1. The van der Waals surface area contributed by atoms with Gasteiger partial charge in [-0.3, -0.25) is 9.89 Å². The van der Waals surface area contributed by atoms with Crippen molar-refractivity contribution in [3.8, 4) is 0 Å². The number of amides is 1. The van der Waals surface area contributed by atoms with Crippen LogP contribution < -0.4 is 5.32 Å². The zero-order chi connectivity index (χ0) is 14.5. The number of aromatic amines is 1. The Morgan fingerprint density at radius 1 is 1.30 bits per heavy atom. The van der Waals surface area contributed by atoms with Gasteiger partial charge >= 0.3 is 0 Å². The van der Waals surface area contributed by atoms with Crippen LogP contribution in [0.2, 0.25) is 0 Å². The molecular weight excluding hydrogens is 250 g/mol. The van der Waals surface area contributed by atoms with Gasteiger partial charge < -0.3 is 5.32 Å². The molecule has 106 valence electrons. The molecule has 1 aromatic carbocycles. The van der Waals surface area contributed by atoms with E-state index in [4.69, 9.17) is 0 Å². The van der Waals surface area contributed by atoms with Crippen molar-refractivity contribution in [2.45, 2.75) is 33.6 Å². The van der Waals surface area contributed by atoms with Crippen LogP contribution in [-0.4, -0.2) is 22.6 Å². The molecule has 2 N–H and O–H groups in total. The molecule has 0 aliphatic rings. The zero-order valence-corrected chi connectivity index (χ0v) is 12.3. The van der Waals surface area contributed by atoms with Gasteiger partial charge in [-0.25, -0.2) is 0 Å². The van der Waals surface area contributed by atoms with E-state index in [1.807, 2.05) is 45.2 Å². The highest BCUT2D eigenvalue weighted by atomic mass is 16.1. The zero-order valence-electron chi connectivity index (χ0n) is 12.3. The number of H-pyrrole nitrogens is 1. The molecular formula is C16H21N3O. The summed E-state index contributed by atoms with van der Waals surface area (Å²) in [5, 5.41) is 9.89. The van der Waals surface area contributed by atoms with Gasteiger partial charge in [-0.1, -0.05) is 17.7 Å². The number of aromatic nitrogens is 2. The molecule has 0 aliphatic carbocycles. The number of nitrogens with zero attached hydrogens (tertiary/aromatic N) is 1. The summed E-state index contributed by atoms with van der Waals surface area (Å²) in [6.45, 7) is 6.65. The lowest BCUT2D eigenvalue weighted by Gasteiger charge is -2.08. The van der Waals surface area contributed by atoms with Crippen molar-refractivity contribution >= 4 is 5.91 Å². The Balaban J connectivity index is 1.83. The fraction of sp³-hybridized carbons (Fsp3) is 0.375. The molecule has 0 fully saturated rings. The van der Waals surface area contributed by atoms with Crippen molar-refractivity contribution in [1.29, 1.82) is 0 Å². The molecule has 0 unspecified atom stereocenters. The van der Waals surface area contributed by atoms with E-state index < -0.39 is 0 Å². The average Bonchev–Trinajstić information content (AvgIpc) is 2.83. The highest BCUT2D eigenvalue weighted by Gasteiger charge is 2.08. The Labute approximate surface area is 119 Å². The molecule has 0 radical (unpaired) electrons. The van der Waals surface area contributed by atoms with E-state index in [0.29, 0.717) is 6.54 Å².